The predicted molar refractivity (Wildman–Crippen MR) is 66.7 cm³/mol. The van der Waals surface area contributed by atoms with E-state index < -0.39 is 0 Å². The highest BCUT2D eigenvalue weighted by molar-refractivity contribution is 5.83. The first-order chi connectivity index (χ1) is 7.91. The van der Waals surface area contributed by atoms with Gasteiger partial charge in [0.25, 0.3) is 0 Å². The van der Waals surface area contributed by atoms with Gasteiger partial charge in [0.1, 0.15) is 6.54 Å². The largest absolute Gasteiger partial charge is 0.347 e. The van der Waals surface area contributed by atoms with Gasteiger partial charge in [0.15, 0.2) is 0 Å². The summed E-state index contributed by atoms with van der Waals surface area (Å²) in [5.74, 6) is 0.652. The molecule has 1 rings (SSSR count). The summed E-state index contributed by atoms with van der Waals surface area (Å²) >= 11 is 0. The second-order valence-corrected chi connectivity index (χ2v) is 5.10. The lowest BCUT2D eigenvalue weighted by molar-refractivity contribution is -0.129. The summed E-state index contributed by atoms with van der Waals surface area (Å²) in [6.45, 7) is 3.97. The molecule has 5 heteroatoms. The van der Waals surface area contributed by atoms with E-state index in [0.29, 0.717) is 5.92 Å². The Bertz CT molecular complexity index is 283. The number of piperidine rings is 1. The second kappa shape index (κ2) is 5.89. The molecule has 0 aromatic heterocycles. The summed E-state index contributed by atoms with van der Waals surface area (Å²) in [5.41, 5.74) is 0. The number of likely N-dealkylation sites (N-methyl/N-ethyl adjacent to an activating group) is 2. The first-order valence-electron chi connectivity index (χ1n) is 6.12. The summed E-state index contributed by atoms with van der Waals surface area (Å²) in [6, 6.07) is -0.0351. The summed E-state index contributed by atoms with van der Waals surface area (Å²) in [7, 11) is 5.08. The molecule has 0 atom stereocenters. The van der Waals surface area contributed by atoms with Gasteiger partial charge in [-0.3, -0.25) is 4.79 Å². The van der Waals surface area contributed by atoms with Crippen LogP contribution in [0.3, 0.4) is 0 Å². The number of likely N-dealkylation sites (tertiary alicyclic amines) is 1. The van der Waals surface area contributed by atoms with Crippen LogP contribution in [0.5, 0.6) is 0 Å². The molecule has 17 heavy (non-hydrogen) atoms. The van der Waals surface area contributed by atoms with Crippen LogP contribution < -0.4 is 0 Å². The van der Waals surface area contributed by atoms with Crippen LogP contribution in [0.2, 0.25) is 0 Å². The van der Waals surface area contributed by atoms with Gasteiger partial charge in [-0.25, -0.2) is 4.79 Å². The minimum Gasteiger partial charge on any atom is -0.347 e. The summed E-state index contributed by atoms with van der Waals surface area (Å²) in [4.78, 5) is 28.4. The summed E-state index contributed by atoms with van der Waals surface area (Å²) in [5, 5.41) is 0. The summed E-state index contributed by atoms with van der Waals surface area (Å²) < 4.78 is 0. The maximum absolute atomic E-state index is 12.0. The van der Waals surface area contributed by atoms with Crippen LogP contribution in [0, 0.1) is 5.92 Å². The van der Waals surface area contributed by atoms with Gasteiger partial charge in [0.2, 0.25) is 5.91 Å². The number of carbonyl (C=O) groups is 2. The number of hydrogen-bond acceptors (Lipinski definition) is 2. The van der Waals surface area contributed by atoms with E-state index in [1.54, 1.807) is 21.1 Å². The molecule has 3 amide bonds. The molecule has 0 saturated carbocycles. The van der Waals surface area contributed by atoms with Gasteiger partial charge in [0, 0.05) is 34.2 Å². The number of amides is 3. The Morgan fingerprint density at radius 2 is 1.71 bits per heavy atom. The molecule has 1 heterocycles. The molecule has 0 bridgehead atoms. The minimum absolute atomic E-state index is 0.0351. The van der Waals surface area contributed by atoms with Crippen molar-refractivity contribution in [3.8, 4) is 0 Å². The monoisotopic (exact) mass is 241 g/mol. The Morgan fingerprint density at radius 1 is 1.18 bits per heavy atom. The van der Waals surface area contributed by atoms with E-state index in [9.17, 15) is 9.59 Å². The van der Waals surface area contributed by atoms with Crippen molar-refractivity contribution in [3.05, 3.63) is 0 Å². The van der Waals surface area contributed by atoms with E-state index in [1.807, 2.05) is 4.90 Å². The van der Waals surface area contributed by atoms with Gasteiger partial charge in [-0.2, -0.15) is 0 Å². The molecule has 0 aromatic carbocycles. The zero-order chi connectivity index (χ0) is 13.0. The number of hydrogen-bond donors (Lipinski definition) is 0. The number of rotatable bonds is 2. The van der Waals surface area contributed by atoms with Gasteiger partial charge < -0.3 is 14.7 Å². The molecule has 5 nitrogen and oxygen atoms in total. The molecule has 0 spiro atoms. The normalized spacial score (nSPS) is 16.8. The van der Waals surface area contributed by atoms with Crippen molar-refractivity contribution in [2.45, 2.75) is 19.8 Å². The van der Waals surface area contributed by atoms with Crippen molar-refractivity contribution >= 4 is 11.9 Å². The Balaban J connectivity index is 2.44. The fourth-order valence-electron chi connectivity index (χ4n) is 1.85. The van der Waals surface area contributed by atoms with E-state index in [2.05, 4.69) is 6.92 Å². The Morgan fingerprint density at radius 3 is 2.18 bits per heavy atom. The van der Waals surface area contributed by atoms with Gasteiger partial charge in [-0.1, -0.05) is 6.92 Å². The van der Waals surface area contributed by atoms with E-state index in [1.165, 1.54) is 9.80 Å². The molecule has 0 aliphatic carbocycles. The van der Waals surface area contributed by atoms with Crippen LogP contribution in [-0.2, 0) is 4.79 Å². The molecular formula is C12H23N3O2. The molecule has 0 N–H and O–H groups in total. The average Bonchev–Trinajstić information content (AvgIpc) is 2.28. The molecule has 1 fully saturated rings. The van der Waals surface area contributed by atoms with Crippen LogP contribution in [0.15, 0.2) is 0 Å². The first kappa shape index (κ1) is 13.8. The molecule has 1 saturated heterocycles. The predicted octanol–water partition coefficient (Wildman–Crippen LogP) is 0.858. The molecule has 0 radical (unpaired) electrons. The van der Waals surface area contributed by atoms with Crippen LogP contribution in [0.1, 0.15) is 19.8 Å². The highest BCUT2D eigenvalue weighted by Crippen LogP contribution is 2.16. The Labute approximate surface area is 103 Å². The third kappa shape index (κ3) is 3.91. The number of urea groups is 1. The van der Waals surface area contributed by atoms with Crippen molar-refractivity contribution < 1.29 is 9.59 Å². The van der Waals surface area contributed by atoms with Gasteiger partial charge in [-0.15, -0.1) is 0 Å². The quantitative estimate of drug-likeness (QED) is 0.719. The van der Waals surface area contributed by atoms with Gasteiger partial charge >= 0.3 is 6.03 Å². The number of carbonyl (C=O) groups excluding carboxylic acids is 2. The lowest BCUT2D eigenvalue weighted by atomic mass is 10.00. The zero-order valence-corrected chi connectivity index (χ0v) is 11.3. The molecule has 98 valence electrons. The molecule has 1 aliphatic heterocycles. The number of nitrogens with zero attached hydrogens (tertiary/aromatic N) is 3. The highest BCUT2D eigenvalue weighted by atomic mass is 16.2. The molecule has 1 aliphatic rings. The van der Waals surface area contributed by atoms with Crippen molar-refractivity contribution in [1.82, 2.24) is 14.7 Å². The third-order valence-electron chi connectivity index (χ3n) is 3.25. The standard InChI is InChI=1S/C12H23N3O2/c1-10-5-7-15(8-6-10)12(17)14(4)9-11(16)13(2)3/h10H,5-9H2,1-4H3. The van der Waals surface area contributed by atoms with Crippen molar-refractivity contribution in [2.75, 3.05) is 40.8 Å². The molecule has 0 unspecified atom stereocenters. The second-order valence-electron chi connectivity index (χ2n) is 5.10. The van der Waals surface area contributed by atoms with E-state index >= 15 is 0 Å². The van der Waals surface area contributed by atoms with Crippen LogP contribution in [-0.4, -0.2) is 67.4 Å². The third-order valence-corrected chi connectivity index (χ3v) is 3.25. The highest BCUT2D eigenvalue weighted by Gasteiger charge is 2.24. The average molecular weight is 241 g/mol. The van der Waals surface area contributed by atoms with Crippen LogP contribution in [0.4, 0.5) is 4.79 Å². The van der Waals surface area contributed by atoms with Gasteiger partial charge in [-0.05, 0) is 18.8 Å². The lowest BCUT2D eigenvalue weighted by Gasteiger charge is -2.33. The van der Waals surface area contributed by atoms with Crippen molar-refractivity contribution in [1.29, 1.82) is 0 Å². The topological polar surface area (TPSA) is 43.9 Å². The van der Waals surface area contributed by atoms with Gasteiger partial charge in [0.05, 0.1) is 0 Å². The van der Waals surface area contributed by atoms with E-state index in [4.69, 9.17) is 0 Å². The van der Waals surface area contributed by atoms with E-state index in [0.717, 1.165) is 25.9 Å². The van der Waals surface area contributed by atoms with Crippen LogP contribution in [0.25, 0.3) is 0 Å². The minimum atomic E-state index is -0.0498. The smallest absolute Gasteiger partial charge is 0.320 e. The fraction of sp³-hybridized carbons (Fsp3) is 0.833. The maximum Gasteiger partial charge on any atom is 0.320 e. The summed E-state index contributed by atoms with van der Waals surface area (Å²) in [6.07, 6.45) is 2.11. The van der Waals surface area contributed by atoms with Crippen molar-refractivity contribution in [2.24, 2.45) is 5.92 Å². The Kier molecular flexibility index (Phi) is 4.78. The maximum atomic E-state index is 12.0. The van der Waals surface area contributed by atoms with Crippen molar-refractivity contribution in [3.63, 3.8) is 0 Å². The van der Waals surface area contributed by atoms with E-state index in [-0.39, 0.29) is 18.5 Å². The Hall–Kier alpha value is -1.26. The zero-order valence-electron chi connectivity index (χ0n) is 11.3. The SMILES string of the molecule is CC1CCN(C(=O)N(C)CC(=O)N(C)C)CC1. The molecule has 0 aromatic rings. The fourth-order valence-corrected chi connectivity index (χ4v) is 1.85. The lowest BCUT2D eigenvalue weighted by Crippen LogP contribution is -2.47. The first-order valence-corrected chi connectivity index (χ1v) is 6.12. The molecular weight excluding hydrogens is 218 g/mol. The van der Waals surface area contributed by atoms with Crippen LogP contribution >= 0.6 is 0 Å².